The van der Waals surface area contributed by atoms with Crippen LogP contribution in [-0.4, -0.2) is 0 Å². The van der Waals surface area contributed by atoms with Gasteiger partial charge in [-0.15, -0.1) is 0 Å². The van der Waals surface area contributed by atoms with Crippen LogP contribution < -0.4 is 4.06 Å². The van der Waals surface area contributed by atoms with Crippen molar-refractivity contribution in [1.82, 2.24) is 0 Å². The highest BCUT2D eigenvalue weighted by Crippen LogP contribution is 1.88. The molecule has 1 rings (SSSR count). The normalized spacial score (nSPS) is 8.67. The van der Waals surface area contributed by atoms with E-state index in [0.717, 1.165) is 11.3 Å². The van der Waals surface area contributed by atoms with E-state index in [-0.39, 0.29) is 4.06 Å². The maximum atomic E-state index is 10.1. The second-order valence-electron chi connectivity index (χ2n) is 0.706. The van der Waals surface area contributed by atoms with Gasteiger partial charge < -0.3 is 0 Å². The molecule has 0 spiro atoms. The Morgan fingerprint density at radius 3 is 2.83 bits per heavy atom. The van der Waals surface area contributed by atoms with Crippen molar-refractivity contribution in [2.45, 2.75) is 0 Å². The summed E-state index contributed by atoms with van der Waals surface area (Å²) >= 11 is 2.30. The number of rotatable bonds is 0. The molecule has 1 aromatic heterocycles. The number of hydrogen-bond acceptors (Lipinski definition) is 3. The van der Waals surface area contributed by atoms with Gasteiger partial charge in [-0.1, -0.05) is 22.7 Å². The first-order valence-electron chi connectivity index (χ1n) is 1.34. The topological polar surface area (TPSA) is 17.1 Å². The van der Waals surface area contributed by atoms with Gasteiger partial charge in [0.05, 0.1) is 5.38 Å². The molecule has 31 valence electrons. The van der Waals surface area contributed by atoms with Crippen molar-refractivity contribution in [3.63, 3.8) is 0 Å². The van der Waals surface area contributed by atoms with E-state index in [9.17, 15) is 4.79 Å². The van der Waals surface area contributed by atoms with Gasteiger partial charge >= 0.3 is 0 Å². The van der Waals surface area contributed by atoms with Crippen LogP contribution in [0.4, 0.5) is 0 Å². The molecule has 0 amide bonds. The van der Waals surface area contributed by atoms with Crippen LogP contribution in [0.3, 0.4) is 0 Å². The van der Waals surface area contributed by atoms with Gasteiger partial charge in [0.15, 0.2) is 0 Å². The van der Waals surface area contributed by atoms with E-state index < -0.39 is 0 Å². The molecule has 1 nitrogen and oxygen atoms in total. The molecule has 0 fully saturated rings. The van der Waals surface area contributed by atoms with Gasteiger partial charge in [0.2, 0.25) is 0 Å². The van der Waals surface area contributed by atoms with E-state index in [1.807, 2.05) is 0 Å². The first-order valence-corrected chi connectivity index (χ1v) is 3.04. The van der Waals surface area contributed by atoms with Crippen LogP contribution in [-0.2, 0) is 0 Å². The van der Waals surface area contributed by atoms with Crippen LogP contribution in [0.15, 0.2) is 10.2 Å². The average molecular weight is 117 g/mol. The third-order valence-corrected chi connectivity index (χ3v) is 1.86. The van der Waals surface area contributed by atoms with Crippen LogP contribution in [0.2, 0.25) is 0 Å². The molecule has 0 bridgehead atoms. The molecule has 6 heavy (non-hydrogen) atoms. The van der Waals surface area contributed by atoms with Crippen LogP contribution in [0, 0.1) is 5.38 Å². The lowest BCUT2D eigenvalue weighted by Gasteiger charge is -1.42. The van der Waals surface area contributed by atoms with E-state index in [2.05, 4.69) is 5.38 Å². The first-order chi connectivity index (χ1) is 2.89. The lowest BCUT2D eigenvalue weighted by Crippen LogP contribution is -1.72. The fraction of sp³-hybridized carbons (Fsp3) is 0. The highest BCUT2D eigenvalue weighted by Gasteiger charge is 1.75. The average Bonchev–Trinajstić information content (AvgIpc) is 1.86. The van der Waals surface area contributed by atoms with Crippen LogP contribution >= 0.6 is 22.7 Å². The molecule has 3 heteroatoms. The Labute approximate surface area is 42.9 Å². The van der Waals surface area contributed by atoms with Crippen molar-refractivity contribution in [1.29, 1.82) is 0 Å². The summed E-state index contributed by atoms with van der Waals surface area (Å²) in [5, 5.41) is 4.34. The monoisotopic (exact) mass is 117 g/mol. The predicted octanol–water partition coefficient (Wildman–Crippen LogP) is 0.970. The third-order valence-electron chi connectivity index (χ3n) is 0.346. The highest BCUT2D eigenvalue weighted by atomic mass is 32.2. The van der Waals surface area contributed by atoms with Crippen LogP contribution in [0.1, 0.15) is 0 Å². The molecule has 0 saturated heterocycles. The van der Waals surface area contributed by atoms with Crippen molar-refractivity contribution in [2.75, 3.05) is 0 Å². The molecule has 1 radical (unpaired) electrons. The van der Waals surface area contributed by atoms with Gasteiger partial charge in [0.25, 0.3) is 4.06 Å². The van der Waals surface area contributed by atoms with Crippen molar-refractivity contribution in [3.05, 3.63) is 19.6 Å². The zero-order valence-electron chi connectivity index (χ0n) is 2.80. The first kappa shape index (κ1) is 4.02. The van der Waals surface area contributed by atoms with Gasteiger partial charge in [-0.25, -0.2) is 0 Å². The fourth-order valence-corrected chi connectivity index (χ4v) is 1.23. The lowest BCUT2D eigenvalue weighted by atomic mass is 11.2. The largest absolute Gasteiger partial charge is 0.288 e. The van der Waals surface area contributed by atoms with Gasteiger partial charge in [-0.3, -0.25) is 4.79 Å². The molecule has 1 heterocycles. The molecule has 0 N–H and O–H groups in total. The van der Waals surface area contributed by atoms with Crippen LogP contribution in [0.5, 0.6) is 0 Å². The zero-order chi connectivity index (χ0) is 4.41. The Balaban J connectivity index is 3.41. The fourth-order valence-electron chi connectivity index (χ4n) is 0.168. The second kappa shape index (κ2) is 1.53. The summed E-state index contributed by atoms with van der Waals surface area (Å²) in [7, 11) is 0. The summed E-state index contributed by atoms with van der Waals surface area (Å²) < 4.78 is 0.120. The molecule has 0 aliphatic carbocycles. The molecule has 0 aromatic carbocycles. The maximum Gasteiger partial charge on any atom is 0.288 e. The molecule has 0 aliphatic heterocycles. The standard InChI is InChI=1S/C3HOS2/c4-3-5-1-2-6-3/h1H. The van der Waals surface area contributed by atoms with E-state index in [4.69, 9.17) is 0 Å². The smallest absolute Gasteiger partial charge is 0.265 e. The summed E-state index contributed by atoms with van der Waals surface area (Å²) in [5.41, 5.74) is 0. The van der Waals surface area contributed by atoms with E-state index >= 15 is 0 Å². The highest BCUT2D eigenvalue weighted by molar-refractivity contribution is 7.24. The van der Waals surface area contributed by atoms with Crippen LogP contribution in [0.25, 0.3) is 0 Å². The Kier molecular flexibility index (Phi) is 1.03. The molecule has 0 aliphatic rings. The third kappa shape index (κ3) is 0.666. The molecular formula is C3HOS2. The molecule has 0 atom stereocenters. The Hall–Kier alpha value is -0.150. The van der Waals surface area contributed by atoms with Gasteiger partial charge in [-0.2, -0.15) is 0 Å². The van der Waals surface area contributed by atoms with Gasteiger partial charge in [-0.05, 0) is 0 Å². The minimum Gasteiger partial charge on any atom is -0.265 e. The Morgan fingerprint density at radius 2 is 2.67 bits per heavy atom. The van der Waals surface area contributed by atoms with Crippen molar-refractivity contribution >= 4 is 22.7 Å². The summed E-state index contributed by atoms with van der Waals surface area (Å²) in [6.07, 6.45) is 0. The number of hydrogen-bond donors (Lipinski definition) is 0. The summed E-state index contributed by atoms with van der Waals surface area (Å²) in [6.45, 7) is 0. The summed E-state index contributed by atoms with van der Waals surface area (Å²) in [6, 6.07) is 0. The molecule has 0 saturated carbocycles. The minimum absolute atomic E-state index is 0.120. The summed E-state index contributed by atoms with van der Waals surface area (Å²) in [5.74, 6) is 0. The van der Waals surface area contributed by atoms with E-state index in [0.29, 0.717) is 0 Å². The van der Waals surface area contributed by atoms with Crippen molar-refractivity contribution in [2.24, 2.45) is 0 Å². The van der Waals surface area contributed by atoms with Crippen molar-refractivity contribution < 1.29 is 0 Å². The van der Waals surface area contributed by atoms with E-state index in [1.165, 1.54) is 11.3 Å². The maximum absolute atomic E-state index is 10.1. The Bertz CT molecular complexity index is 147. The Morgan fingerprint density at radius 1 is 1.83 bits per heavy atom. The van der Waals surface area contributed by atoms with Crippen molar-refractivity contribution in [3.8, 4) is 0 Å². The quantitative estimate of drug-likeness (QED) is 0.495. The van der Waals surface area contributed by atoms with Gasteiger partial charge in [0.1, 0.15) is 0 Å². The molecular weight excluding hydrogens is 116 g/mol. The zero-order valence-corrected chi connectivity index (χ0v) is 4.44. The minimum atomic E-state index is 0.120. The summed E-state index contributed by atoms with van der Waals surface area (Å²) in [4.78, 5) is 10.1. The molecule has 1 aromatic rings. The SMILES string of the molecule is O=c1s[c]cs1. The molecule has 0 unspecified atom stereocenters. The lowest BCUT2D eigenvalue weighted by molar-refractivity contribution is 2.25. The predicted molar refractivity (Wildman–Crippen MR) is 27.3 cm³/mol. The van der Waals surface area contributed by atoms with Gasteiger partial charge in [0, 0.05) is 5.38 Å². The second-order valence-corrected chi connectivity index (χ2v) is 2.62. The van der Waals surface area contributed by atoms with E-state index in [1.54, 1.807) is 5.38 Å².